The third kappa shape index (κ3) is 3.96. The molecule has 0 spiro atoms. The Morgan fingerprint density at radius 3 is 2.64 bits per heavy atom. The molecule has 1 aliphatic rings. The summed E-state index contributed by atoms with van der Waals surface area (Å²) >= 11 is 0. The highest BCUT2D eigenvalue weighted by atomic mass is 15.5. The van der Waals surface area contributed by atoms with E-state index in [9.17, 15) is 0 Å². The second-order valence-electron chi connectivity index (χ2n) is 3.10. The molecule has 0 aromatic heterocycles. The molecule has 0 saturated carbocycles. The molecule has 0 aromatic rings. The van der Waals surface area contributed by atoms with Crippen LogP contribution in [0.4, 0.5) is 0 Å². The Morgan fingerprint density at radius 2 is 1.73 bits per heavy atom. The van der Waals surface area contributed by atoms with Gasteiger partial charge in [-0.15, -0.1) is 0 Å². The van der Waals surface area contributed by atoms with Gasteiger partial charge in [-0.05, 0) is 12.8 Å². The maximum Gasteiger partial charge on any atom is 0.0620 e. The molecular formula is C8H17N3. The molecule has 0 bridgehead atoms. The molecule has 64 valence electrons. The van der Waals surface area contributed by atoms with E-state index in [0.717, 1.165) is 13.1 Å². The number of rotatable bonds is 0. The van der Waals surface area contributed by atoms with Crippen LogP contribution in [0.5, 0.6) is 0 Å². The van der Waals surface area contributed by atoms with Gasteiger partial charge in [0.05, 0.1) is 6.54 Å². The van der Waals surface area contributed by atoms with E-state index >= 15 is 0 Å². The summed E-state index contributed by atoms with van der Waals surface area (Å²) in [4.78, 5) is 0. The van der Waals surface area contributed by atoms with Crippen molar-refractivity contribution in [3.63, 3.8) is 0 Å². The van der Waals surface area contributed by atoms with Crippen molar-refractivity contribution in [2.24, 2.45) is 10.3 Å². The summed E-state index contributed by atoms with van der Waals surface area (Å²) in [5.74, 6) is 0. The van der Waals surface area contributed by atoms with E-state index in [0.29, 0.717) is 0 Å². The van der Waals surface area contributed by atoms with Crippen molar-refractivity contribution in [2.75, 3.05) is 20.1 Å². The molecule has 1 rings (SSSR count). The Balaban J connectivity index is 2.26. The van der Waals surface area contributed by atoms with Crippen LogP contribution >= 0.6 is 0 Å². The fraction of sp³-hybridized carbons (Fsp3) is 1.00. The molecule has 0 aromatic carbocycles. The standard InChI is InChI=1S/C8H17N3/c1-11-8-6-4-2-3-5-7-9-10-11/h2-8H2,1H3/b10-9+. The van der Waals surface area contributed by atoms with E-state index < -0.39 is 0 Å². The van der Waals surface area contributed by atoms with Gasteiger partial charge in [-0.3, -0.25) is 5.01 Å². The molecule has 3 heteroatoms. The first kappa shape index (κ1) is 8.50. The molecule has 0 saturated heterocycles. The van der Waals surface area contributed by atoms with Gasteiger partial charge in [0.25, 0.3) is 0 Å². The predicted octanol–water partition coefficient (Wildman–Crippen LogP) is 2.25. The molecule has 11 heavy (non-hydrogen) atoms. The van der Waals surface area contributed by atoms with Gasteiger partial charge in [-0.1, -0.05) is 24.5 Å². The van der Waals surface area contributed by atoms with Gasteiger partial charge >= 0.3 is 0 Å². The third-order valence-corrected chi connectivity index (χ3v) is 1.96. The van der Waals surface area contributed by atoms with Crippen molar-refractivity contribution in [2.45, 2.75) is 32.1 Å². The van der Waals surface area contributed by atoms with E-state index in [1.165, 1.54) is 32.1 Å². The highest BCUT2D eigenvalue weighted by molar-refractivity contribution is 4.51. The van der Waals surface area contributed by atoms with Crippen LogP contribution in [0.1, 0.15) is 32.1 Å². The maximum absolute atomic E-state index is 4.06. The Morgan fingerprint density at radius 1 is 1.00 bits per heavy atom. The number of hydrogen-bond acceptors (Lipinski definition) is 3. The van der Waals surface area contributed by atoms with Crippen LogP contribution in [0.3, 0.4) is 0 Å². The van der Waals surface area contributed by atoms with Gasteiger partial charge in [0.15, 0.2) is 0 Å². The Kier molecular flexibility index (Phi) is 3.94. The van der Waals surface area contributed by atoms with Gasteiger partial charge < -0.3 is 0 Å². The topological polar surface area (TPSA) is 28.0 Å². The molecule has 0 fully saturated rings. The van der Waals surface area contributed by atoms with Crippen LogP contribution in [0.25, 0.3) is 0 Å². The van der Waals surface area contributed by atoms with Crippen molar-refractivity contribution in [1.29, 1.82) is 0 Å². The minimum atomic E-state index is 0.907. The lowest BCUT2D eigenvalue weighted by atomic mass is 10.1. The molecule has 0 unspecified atom stereocenters. The van der Waals surface area contributed by atoms with E-state index in [1.807, 2.05) is 12.1 Å². The van der Waals surface area contributed by atoms with Gasteiger partial charge in [-0.25, -0.2) is 0 Å². The normalized spacial score (nSPS) is 24.6. The Bertz CT molecular complexity index is 123. The summed E-state index contributed by atoms with van der Waals surface area (Å²) < 4.78 is 0. The average molecular weight is 155 g/mol. The van der Waals surface area contributed by atoms with E-state index in [2.05, 4.69) is 10.3 Å². The van der Waals surface area contributed by atoms with Crippen LogP contribution in [0.2, 0.25) is 0 Å². The van der Waals surface area contributed by atoms with Gasteiger partial charge in [0, 0.05) is 13.6 Å². The van der Waals surface area contributed by atoms with E-state index in [1.54, 1.807) is 0 Å². The average Bonchev–Trinajstić information content (AvgIpc) is 2.03. The fourth-order valence-corrected chi connectivity index (χ4v) is 1.25. The Labute approximate surface area is 68.5 Å². The summed E-state index contributed by atoms with van der Waals surface area (Å²) in [7, 11) is 1.99. The molecule has 1 aliphatic heterocycles. The first-order valence-corrected chi connectivity index (χ1v) is 4.48. The first-order valence-electron chi connectivity index (χ1n) is 4.48. The molecule has 3 nitrogen and oxygen atoms in total. The second kappa shape index (κ2) is 5.10. The second-order valence-corrected chi connectivity index (χ2v) is 3.10. The summed E-state index contributed by atoms with van der Waals surface area (Å²) in [5, 5.41) is 10.0. The predicted molar refractivity (Wildman–Crippen MR) is 45.4 cm³/mol. The van der Waals surface area contributed by atoms with Crippen molar-refractivity contribution in [3.05, 3.63) is 0 Å². The number of hydrogen-bond donors (Lipinski definition) is 0. The van der Waals surface area contributed by atoms with Crippen LogP contribution in [0, 0.1) is 0 Å². The zero-order chi connectivity index (χ0) is 7.94. The van der Waals surface area contributed by atoms with Crippen LogP contribution in [-0.2, 0) is 0 Å². The van der Waals surface area contributed by atoms with Crippen molar-refractivity contribution < 1.29 is 0 Å². The van der Waals surface area contributed by atoms with Gasteiger partial charge in [0.1, 0.15) is 0 Å². The number of nitrogens with zero attached hydrogens (tertiary/aromatic N) is 3. The third-order valence-electron chi connectivity index (χ3n) is 1.96. The largest absolute Gasteiger partial charge is 0.282 e. The molecule has 0 N–H and O–H groups in total. The molecule has 0 atom stereocenters. The molecule has 0 radical (unpaired) electrons. The maximum atomic E-state index is 4.06. The lowest BCUT2D eigenvalue weighted by molar-refractivity contribution is 0.310. The SMILES string of the molecule is CN1CCCCCCC/N=N/1. The van der Waals surface area contributed by atoms with E-state index in [4.69, 9.17) is 0 Å². The Hall–Kier alpha value is -0.600. The highest BCUT2D eigenvalue weighted by Gasteiger charge is 1.96. The quantitative estimate of drug-likeness (QED) is 0.527. The zero-order valence-corrected chi connectivity index (χ0v) is 7.29. The lowest BCUT2D eigenvalue weighted by Gasteiger charge is -2.11. The molecule has 1 heterocycles. The summed E-state index contributed by atoms with van der Waals surface area (Å²) in [5.41, 5.74) is 0. The van der Waals surface area contributed by atoms with Gasteiger partial charge in [0.2, 0.25) is 0 Å². The molecular weight excluding hydrogens is 138 g/mol. The van der Waals surface area contributed by atoms with Crippen molar-refractivity contribution >= 4 is 0 Å². The minimum absolute atomic E-state index is 0.907. The minimum Gasteiger partial charge on any atom is -0.282 e. The molecule has 0 aliphatic carbocycles. The van der Waals surface area contributed by atoms with Crippen LogP contribution < -0.4 is 0 Å². The van der Waals surface area contributed by atoms with Crippen LogP contribution in [-0.4, -0.2) is 25.1 Å². The first-order chi connectivity index (χ1) is 5.39. The summed E-state index contributed by atoms with van der Waals surface area (Å²) in [6.07, 6.45) is 6.50. The smallest absolute Gasteiger partial charge is 0.0620 e. The zero-order valence-electron chi connectivity index (χ0n) is 7.29. The van der Waals surface area contributed by atoms with E-state index in [-0.39, 0.29) is 0 Å². The molecule has 0 amide bonds. The fourth-order valence-electron chi connectivity index (χ4n) is 1.25. The summed E-state index contributed by atoms with van der Waals surface area (Å²) in [6.45, 7) is 1.97. The van der Waals surface area contributed by atoms with Crippen LogP contribution in [0.15, 0.2) is 10.3 Å². The monoisotopic (exact) mass is 155 g/mol. The lowest BCUT2D eigenvalue weighted by Crippen LogP contribution is -2.12. The summed E-state index contributed by atoms with van der Waals surface area (Å²) in [6, 6.07) is 0. The highest BCUT2D eigenvalue weighted by Crippen LogP contribution is 2.06. The van der Waals surface area contributed by atoms with Gasteiger partial charge in [-0.2, -0.15) is 5.11 Å². The van der Waals surface area contributed by atoms with Crippen molar-refractivity contribution in [1.82, 2.24) is 5.01 Å². The van der Waals surface area contributed by atoms with Crippen molar-refractivity contribution in [3.8, 4) is 0 Å².